The van der Waals surface area contributed by atoms with Crippen LogP contribution in [0.4, 0.5) is 0 Å². The number of allylic oxidation sites excluding steroid dienone is 3. The van der Waals surface area contributed by atoms with E-state index in [0.717, 1.165) is 61.1 Å². The van der Waals surface area contributed by atoms with Crippen LogP contribution in [0.3, 0.4) is 0 Å². The minimum atomic E-state index is 0.138. The zero-order valence-corrected chi connectivity index (χ0v) is 19.8. The fraction of sp³-hybridized carbons (Fsp3) is 0.480. The summed E-state index contributed by atoms with van der Waals surface area (Å²) in [7, 11) is 0. The molecule has 1 aromatic carbocycles. The van der Waals surface area contributed by atoms with Crippen molar-refractivity contribution in [2.75, 3.05) is 12.3 Å². The van der Waals surface area contributed by atoms with Crippen molar-refractivity contribution < 1.29 is 4.79 Å². The van der Waals surface area contributed by atoms with E-state index in [0.29, 0.717) is 12.3 Å². The molecule has 31 heavy (non-hydrogen) atoms. The summed E-state index contributed by atoms with van der Waals surface area (Å²) in [5.74, 6) is 2.52. The van der Waals surface area contributed by atoms with Gasteiger partial charge in [-0.15, -0.1) is 10.2 Å². The molecule has 1 aliphatic carbocycles. The number of para-hydroxylation sites is 1. The van der Waals surface area contributed by atoms with Gasteiger partial charge in [0, 0.05) is 30.8 Å². The van der Waals surface area contributed by atoms with Crippen LogP contribution >= 0.6 is 11.8 Å². The molecular weight excluding hydrogens is 404 g/mol. The van der Waals surface area contributed by atoms with E-state index in [1.807, 2.05) is 18.2 Å². The van der Waals surface area contributed by atoms with E-state index in [9.17, 15) is 4.79 Å². The Labute approximate surface area is 190 Å². The predicted molar refractivity (Wildman–Crippen MR) is 129 cm³/mol. The van der Waals surface area contributed by atoms with Crippen molar-refractivity contribution in [2.45, 2.75) is 64.5 Å². The number of aryl methyl sites for hydroxylation is 1. The number of hydrogen-bond acceptors (Lipinski definition) is 4. The highest BCUT2D eigenvalue weighted by atomic mass is 32.2. The molecule has 0 spiro atoms. The maximum absolute atomic E-state index is 12.0. The standard InChI is InChI=1S/C25H34N4OS/c1-19(2)17-26-24(30)12-8-7-11-23-27-28-25(29(23)22-9-5-4-6-10-22)31-18-21-15-13-20(3)14-16-21/h4-6,9-10,13,15,19H,7-8,11-12,14,16-18H2,1-3H3,(H,26,30). The lowest BCUT2D eigenvalue weighted by Crippen LogP contribution is -2.26. The van der Waals surface area contributed by atoms with Crippen molar-refractivity contribution in [3.8, 4) is 5.69 Å². The van der Waals surface area contributed by atoms with Crippen LogP contribution in [-0.4, -0.2) is 33.0 Å². The first-order chi connectivity index (χ1) is 15.0. The van der Waals surface area contributed by atoms with Crippen molar-refractivity contribution >= 4 is 17.7 Å². The molecule has 2 aromatic rings. The van der Waals surface area contributed by atoms with E-state index in [4.69, 9.17) is 0 Å². The zero-order valence-electron chi connectivity index (χ0n) is 18.9. The molecule has 3 rings (SSSR count). The molecule has 0 fully saturated rings. The van der Waals surface area contributed by atoms with Gasteiger partial charge >= 0.3 is 0 Å². The maximum Gasteiger partial charge on any atom is 0.220 e. The molecule has 0 aliphatic heterocycles. The van der Waals surface area contributed by atoms with Gasteiger partial charge in [-0.1, -0.05) is 67.1 Å². The Hall–Kier alpha value is -2.34. The molecular formula is C25H34N4OS. The summed E-state index contributed by atoms with van der Waals surface area (Å²) in [6.07, 6.45) is 9.89. The van der Waals surface area contributed by atoms with Crippen LogP contribution < -0.4 is 5.32 Å². The highest BCUT2D eigenvalue weighted by Gasteiger charge is 2.15. The van der Waals surface area contributed by atoms with Crippen LogP contribution in [0.2, 0.25) is 0 Å². The van der Waals surface area contributed by atoms with Gasteiger partial charge in [-0.05, 0) is 50.7 Å². The topological polar surface area (TPSA) is 59.8 Å². The smallest absolute Gasteiger partial charge is 0.220 e. The van der Waals surface area contributed by atoms with E-state index in [1.165, 1.54) is 11.1 Å². The first kappa shape index (κ1) is 23.3. The van der Waals surface area contributed by atoms with Gasteiger partial charge in [-0.25, -0.2) is 0 Å². The number of carbonyl (C=O) groups excluding carboxylic acids is 1. The van der Waals surface area contributed by atoms with Crippen LogP contribution in [0.5, 0.6) is 0 Å². The molecule has 1 aromatic heterocycles. The van der Waals surface area contributed by atoms with Gasteiger partial charge in [-0.2, -0.15) is 0 Å². The number of carbonyl (C=O) groups is 1. The zero-order chi connectivity index (χ0) is 22.1. The Morgan fingerprint density at radius 1 is 1.13 bits per heavy atom. The van der Waals surface area contributed by atoms with Crippen LogP contribution in [0.25, 0.3) is 5.69 Å². The highest BCUT2D eigenvalue weighted by Crippen LogP contribution is 2.27. The van der Waals surface area contributed by atoms with Gasteiger partial charge in [-0.3, -0.25) is 9.36 Å². The average molecular weight is 439 g/mol. The highest BCUT2D eigenvalue weighted by molar-refractivity contribution is 7.99. The number of aromatic nitrogens is 3. The number of unbranched alkanes of at least 4 members (excludes halogenated alkanes) is 1. The molecule has 0 saturated heterocycles. The molecule has 1 aliphatic rings. The largest absolute Gasteiger partial charge is 0.356 e. The monoisotopic (exact) mass is 438 g/mol. The van der Waals surface area contributed by atoms with Gasteiger partial charge in [0.15, 0.2) is 5.16 Å². The summed E-state index contributed by atoms with van der Waals surface area (Å²) in [6.45, 7) is 7.14. The molecule has 5 nitrogen and oxygen atoms in total. The summed E-state index contributed by atoms with van der Waals surface area (Å²) in [4.78, 5) is 12.0. The lowest BCUT2D eigenvalue weighted by molar-refractivity contribution is -0.121. The van der Waals surface area contributed by atoms with E-state index >= 15 is 0 Å². The Bertz CT molecular complexity index is 915. The Morgan fingerprint density at radius 2 is 1.94 bits per heavy atom. The van der Waals surface area contributed by atoms with E-state index in [-0.39, 0.29) is 5.91 Å². The predicted octanol–water partition coefficient (Wildman–Crippen LogP) is 5.51. The minimum Gasteiger partial charge on any atom is -0.356 e. The fourth-order valence-electron chi connectivity index (χ4n) is 3.43. The summed E-state index contributed by atoms with van der Waals surface area (Å²) >= 11 is 1.75. The third-order valence-corrected chi connectivity index (χ3v) is 6.34. The second-order valence-electron chi connectivity index (χ2n) is 8.60. The molecule has 1 amide bonds. The van der Waals surface area contributed by atoms with Crippen molar-refractivity contribution in [3.63, 3.8) is 0 Å². The van der Waals surface area contributed by atoms with E-state index in [2.05, 4.69) is 65.1 Å². The Kier molecular flexibility index (Phi) is 8.95. The molecule has 1 N–H and O–H groups in total. The summed E-state index contributed by atoms with van der Waals surface area (Å²) in [6, 6.07) is 10.3. The van der Waals surface area contributed by atoms with Crippen LogP contribution in [0.1, 0.15) is 58.7 Å². The number of benzene rings is 1. The first-order valence-corrected chi connectivity index (χ1v) is 12.3. The lowest BCUT2D eigenvalue weighted by atomic mass is 10.0. The Morgan fingerprint density at radius 3 is 2.65 bits per heavy atom. The van der Waals surface area contributed by atoms with E-state index in [1.54, 1.807) is 11.8 Å². The average Bonchev–Trinajstić information content (AvgIpc) is 3.18. The van der Waals surface area contributed by atoms with E-state index < -0.39 is 0 Å². The van der Waals surface area contributed by atoms with Crippen molar-refractivity contribution in [3.05, 3.63) is 59.5 Å². The second kappa shape index (κ2) is 11.9. The van der Waals surface area contributed by atoms with Crippen molar-refractivity contribution in [2.24, 2.45) is 5.92 Å². The minimum absolute atomic E-state index is 0.138. The number of hydrogen-bond donors (Lipinski definition) is 1. The molecule has 0 unspecified atom stereocenters. The second-order valence-corrected chi connectivity index (χ2v) is 9.54. The first-order valence-electron chi connectivity index (χ1n) is 11.3. The van der Waals surface area contributed by atoms with Crippen LogP contribution in [0.15, 0.2) is 58.8 Å². The molecule has 1 heterocycles. The third-order valence-electron chi connectivity index (χ3n) is 5.31. The van der Waals surface area contributed by atoms with Gasteiger partial charge in [0.25, 0.3) is 0 Å². The number of rotatable bonds is 11. The SMILES string of the molecule is CC1=CC=C(CSc2nnc(CCCCC(=O)NCC(C)C)n2-c2ccccc2)CC1. The molecule has 0 atom stereocenters. The van der Waals surface area contributed by atoms with Crippen molar-refractivity contribution in [1.29, 1.82) is 0 Å². The number of nitrogens with zero attached hydrogens (tertiary/aromatic N) is 3. The molecule has 6 heteroatoms. The Balaban J connectivity index is 1.62. The van der Waals surface area contributed by atoms with Crippen molar-refractivity contribution in [1.82, 2.24) is 20.1 Å². The third kappa shape index (κ3) is 7.39. The number of thioether (sulfide) groups is 1. The number of nitrogens with one attached hydrogen (secondary N) is 1. The van der Waals surface area contributed by atoms with Crippen LogP contribution in [-0.2, 0) is 11.2 Å². The van der Waals surface area contributed by atoms with Gasteiger partial charge < -0.3 is 5.32 Å². The normalized spacial score (nSPS) is 13.8. The fourth-order valence-corrected chi connectivity index (χ4v) is 4.42. The summed E-state index contributed by atoms with van der Waals surface area (Å²) < 4.78 is 2.17. The van der Waals surface area contributed by atoms with Crippen LogP contribution in [0, 0.1) is 5.92 Å². The molecule has 0 bridgehead atoms. The van der Waals surface area contributed by atoms with Gasteiger partial charge in [0.1, 0.15) is 5.82 Å². The van der Waals surface area contributed by atoms with Gasteiger partial charge in [0.2, 0.25) is 5.91 Å². The van der Waals surface area contributed by atoms with Gasteiger partial charge in [0.05, 0.1) is 0 Å². The molecule has 0 radical (unpaired) electrons. The summed E-state index contributed by atoms with van der Waals surface area (Å²) in [5, 5.41) is 12.9. The summed E-state index contributed by atoms with van der Waals surface area (Å²) in [5.41, 5.74) is 3.99. The molecule has 0 saturated carbocycles. The molecule has 166 valence electrons. The quantitative estimate of drug-likeness (QED) is 0.371. The maximum atomic E-state index is 12.0. The lowest BCUT2D eigenvalue weighted by Gasteiger charge is -2.13. The number of amides is 1.